The lowest BCUT2D eigenvalue weighted by atomic mass is 9.97. The van der Waals surface area contributed by atoms with Crippen LogP contribution in [-0.4, -0.2) is 32.5 Å². The van der Waals surface area contributed by atoms with Crippen LogP contribution in [0.2, 0.25) is 0 Å². The highest BCUT2D eigenvalue weighted by Crippen LogP contribution is 2.30. The highest BCUT2D eigenvalue weighted by atomic mass is 19.4. The van der Waals surface area contributed by atoms with Crippen molar-refractivity contribution in [3.63, 3.8) is 0 Å². The van der Waals surface area contributed by atoms with E-state index in [1.54, 1.807) is 0 Å². The molecular formula is C15H19F3N2O3. The summed E-state index contributed by atoms with van der Waals surface area (Å²) in [5, 5.41) is 5.83. The van der Waals surface area contributed by atoms with E-state index >= 15 is 0 Å². The smallest absolute Gasteiger partial charge is 0.497 e. The van der Waals surface area contributed by atoms with E-state index in [4.69, 9.17) is 4.74 Å². The molecule has 128 valence electrons. The van der Waals surface area contributed by atoms with E-state index in [1.165, 1.54) is 19.2 Å². The molecule has 0 bridgehead atoms. The molecule has 8 heteroatoms. The SMILES string of the molecule is COc1ccc(CNC(=O)C2CCNCC2)c(OC(F)(F)F)c1. The van der Waals surface area contributed by atoms with Crippen LogP contribution in [0.3, 0.4) is 0 Å². The molecule has 1 amide bonds. The fraction of sp³-hybridized carbons (Fsp3) is 0.533. The summed E-state index contributed by atoms with van der Waals surface area (Å²) in [6.45, 7) is 1.50. The molecule has 1 saturated heterocycles. The van der Waals surface area contributed by atoms with Crippen LogP contribution in [0, 0.1) is 5.92 Å². The molecule has 1 aromatic rings. The van der Waals surface area contributed by atoms with Crippen LogP contribution in [0.15, 0.2) is 18.2 Å². The molecule has 1 aromatic carbocycles. The van der Waals surface area contributed by atoms with Gasteiger partial charge >= 0.3 is 6.36 Å². The molecule has 0 atom stereocenters. The number of carbonyl (C=O) groups excluding carboxylic acids is 1. The number of halogens is 3. The monoisotopic (exact) mass is 332 g/mol. The third-order valence-corrected chi connectivity index (χ3v) is 3.66. The predicted octanol–water partition coefficient (Wildman–Crippen LogP) is 2.21. The first-order valence-electron chi connectivity index (χ1n) is 7.30. The van der Waals surface area contributed by atoms with Gasteiger partial charge in [-0.3, -0.25) is 4.79 Å². The number of ether oxygens (including phenoxy) is 2. The number of piperidine rings is 1. The average Bonchev–Trinajstić information content (AvgIpc) is 2.52. The molecule has 1 aliphatic rings. The van der Waals surface area contributed by atoms with Crippen LogP contribution in [0.4, 0.5) is 13.2 Å². The average molecular weight is 332 g/mol. The number of benzene rings is 1. The van der Waals surface area contributed by atoms with Crippen LogP contribution in [0.5, 0.6) is 11.5 Å². The molecule has 2 N–H and O–H groups in total. The van der Waals surface area contributed by atoms with Gasteiger partial charge in [0.05, 0.1) is 7.11 Å². The number of methoxy groups -OCH3 is 1. The molecule has 0 aromatic heterocycles. The minimum Gasteiger partial charge on any atom is -0.497 e. The van der Waals surface area contributed by atoms with Crippen molar-refractivity contribution < 1.29 is 27.4 Å². The largest absolute Gasteiger partial charge is 0.573 e. The lowest BCUT2D eigenvalue weighted by Gasteiger charge is -2.22. The van der Waals surface area contributed by atoms with Gasteiger partial charge in [-0.1, -0.05) is 0 Å². The van der Waals surface area contributed by atoms with Crippen molar-refractivity contribution in [1.29, 1.82) is 0 Å². The van der Waals surface area contributed by atoms with E-state index < -0.39 is 6.36 Å². The molecule has 0 spiro atoms. The fourth-order valence-corrected chi connectivity index (χ4v) is 2.44. The molecule has 23 heavy (non-hydrogen) atoms. The molecular weight excluding hydrogens is 313 g/mol. The van der Waals surface area contributed by atoms with Gasteiger partial charge in [0.15, 0.2) is 0 Å². The lowest BCUT2D eigenvalue weighted by Crippen LogP contribution is -2.38. The Balaban J connectivity index is 2.04. The third-order valence-electron chi connectivity index (χ3n) is 3.66. The maximum absolute atomic E-state index is 12.5. The molecule has 1 fully saturated rings. The van der Waals surface area contributed by atoms with Crippen molar-refractivity contribution in [3.05, 3.63) is 23.8 Å². The third kappa shape index (κ3) is 5.31. The normalized spacial score (nSPS) is 16.0. The predicted molar refractivity (Wildman–Crippen MR) is 77.1 cm³/mol. The van der Waals surface area contributed by atoms with Gasteiger partial charge in [0.1, 0.15) is 11.5 Å². The molecule has 0 unspecified atom stereocenters. The quantitative estimate of drug-likeness (QED) is 0.868. The lowest BCUT2D eigenvalue weighted by molar-refractivity contribution is -0.274. The van der Waals surface area contributed by atoms with Crippen LogP contribution in [0.25, 0.3) is 0 Å². The van der Waals surface area contributed by atoms with Gasteiger partial charge in [0, 0.05) is 24.1 Å². The number of amides is 1. The van der Waals surface area contributed by atoms with Crippen molar-refractivity contribution in [1.82, 2.24) is 10.6 Å². The van der Waals surface area contributed by atoms with Crippen LogP contribution < -0.4 is 20.1 Å². The maximum Gasteiger partial charge on any atom is 0.573 e. The first-order chi connectivity index (χ1) is 10.9. The van der Waals surface area contributed by atoms with Crippen LogP contribution in [-0.2, 0) is 11.3 Å². The van der Waals surface area contributed by atoms with Crippen LogP contribution in [0.1, 0.15) is 18.4 Å². The zero-order chi connectivity index (χ0) is 16.9. The number of carbonyl (C=O) groups is 1. The molecule has 1 heterocycles. The second-order valence-corrected chi connectivity index (χ2v) is 5.26. The standard InChI is InChI=1S/C15H19F3N2O3/c1-22-12-3-2-11(13(8-12)23-15(16,17)18)9-20-14(21)10-4-6-19-7-5-10/h2-3,8,10,19H,4-7,9H2,1H3,(H,20,21). The number of alkyl halides is 3. The van der Waals surface area contributed by atoms with Crippen molar-refractivity contribution in [2.24, 2.45) is 5.92 Å². The first kappa shape index (κ1) is 17.4. The number of nitrogens with one attached hydrogen (secondary N) is 2. The Kier molecular flexibility index (Phi) is 5.70. The van der Waals surface area contributed by atoms with Crippen molar-refractivity contribution in [2.75, 3.05) is 20.2 Å². The number of hydrogen-bond donors (Lipinski definition) is 2. The van der Waals surface area contributed by atoms with Crippen molar-refractivity contribution >= 4 is 5.91 Å². The summed E-state index contributed by atoms with van der Waals surface area (Å²) in [6, 6.07) is 4.12. The Morgan fingerprint density at radius 2 is 2.04 bits per heavy atom. The van der Waals surface area contributed by atoms with Gasteiger partial charge < -0.3 is 20.1 Å². The second-order valence-electron chi connectivity index (χ2n) is 5.26. The van der Waals surface area contributed by atoms with Crippen LogP contribution >= 0.6 is 0 Å². The summed E-state index contributed by atoms with van der Waals surface area (Å²) >= 11 is 0. The van der Waals surface area contributed by atoms with E-state index in [-0.39, 0.29) is 35.4 Å². The summed E-state index contributed by atoms with van der Waals surface area (Å²) in [4.78, 5) is 12.1. The summed E-state index contributed by atoms with van der Waals surface area (Å²) in [5.74, 6) is -0.387. The van der Waals surface area contributed by atoms with Gasteiger partial charge in [-0.15, -0.1) is 13.2 Å². The molecule has 5 nitrogen and oxygen atoms in total. The van der Waals surface area contributed by atoms with Crippen molar-refractivity contribution in [3.8, 4) is 11.5 Å². The fourth-order valence-electron chi connectivity index (χ4n) is 2.44. The zero-order valence-corrected chi connectivity index (χ0v) is 12.7. The molecule has 0 aliphatic carbocycles. The zero-order valence-electron chi connectivity index (χ0n) is 12.7. The van der Waals surface area contributed by atoms with E-state index in [0.29, 0.717) is 0 Å². The maximum atomic E-state index is 12.5. The Morgan fingerprint density at radius 3 is 2.65 bits per heavy atom. The molecule has 1 aliphatic heterocycles. The Morgan fingerprint density at radius 1 is 1.35 bits per heavy atom. The molecule has 0 saturated carbocycles. The van der Waals surface area contributed by atoms with Gasteiger partial charge in [-0.25, -0.2) is 0 Å². The highest BCUT2D eigenvalue weighted by molar-refractivity contribution is 5.78. The Bertz CT molecular complexity index is 543. The Labute approximate surface area is 132 Å². The first-order valence-corrected chi connectivity index (χ1v) is 7.30. The highest BCUT2D eigenvalue weighted by Gasteiger charge is 2.32. The summed E-state index contributed by atoms with van der Waals surface area (Å²) < 4.78 is 46.4. The Hall–Kier alpha value is -1.96. The summed E-state index contributed by atoms with van der Waals surface area (Å²) in [7, 11) is 1.35. The van der Waals surface area contributed by atoms with E-state index in [9.17, 15) is 18.0 Å². The topological polar surface area (TPSA) is 59.6 Å². The van der Waals surface area contributed by atoms with Gasteiger partial charge in [-0.2, -0.15) is 0 Å². The van der Waals surface area contributed by atoms with Crippen molar-refractivity contribution in [2.45, 2.75) is 25.7 Å². The second kappa shape index (κ2) is 7.54. The molecule has 2 rings (SSSR count). The van der Waals surface area contributed by atoms with E-state index in [0.717, 1.165) is 32.0 Å². The minimum absolute atomic E-state index is 0.0296. The summed E-state index contributed by atoms with van der Waals surface area (Å²) in [6.07, 6.45) is -3.36. The minimum atomic E-state index is -4.81. The van der Waals surface area contributed by atoms with Gasteiger partial charge in [0.2, 0.25) is 5.91 Å². The van der Waals surface area contributed by atoms with E-state index in [1.807, 2.05) is 0 Å². The van der Waals surface area contributed by atoms with E-state index in [2.05, 4.69) is 15.4 Å². The van der Waals surface area contributed by atoms with Gasteiger partial charge in [-0.05, 0) is 38.1 Å². The number of hydrogen-bond acceptors (Lipinski definition) is 4. The molecule has 0 radical (unpaired) electrons. The summed E-state index contributed by atoms with van der Waals surface area (Å²) in [5.41, 5.74) is 0.241. The van der Waals surface area contributed by atoms with Gasteiger partial charge in [0.25, 0.3) is 0 Å². The number of rotatable bonds is 5.